The SMILES string of the molecule is CC(C)(C)c1ccc2c(S(=O)(=O)[O-])c(C(C)(C)C)ccc2c1S(=O)(=O)[O-]. The Balaban J connectivity index is 3.20. The summed E-state index contributed by atoms with van der Waals surface area (Å²) in [5.41, 5.74) is -0.782. The first-order valence-electron chi connectivity index (χ1n) is 7.98. The summed E-state index contributed by atoms with van der Waals surface area (Å²) in [5, 5.41) is -0.0929. The van der Waals surface area contributed by atoms with Gasteiger partial charge < -0.3 is 9.11 Å². The Morgan fingerprint density at radius 2 is 0.885 bits per heavy atom. The minimum Gasteiger partial charge on any atom is -0.744 e. The van der Waals surface area contributed by atoms with Crippen molar-refractivity contribution in [1.82, 2.24) is 0 Å². The fraction of sp³-hybridized carbons (Fsp3) is 0.444. The van der Waals surface area contributed by atoms with Gasteiger partial charge in [0.05, 0.1) is 9.79 Å². The monoisotopic (exact) mass is 398 g/mol. The number of hydrogen-bond acceptors (Lipinski definition) is 6. The molecule has 0 saturated heterocycles. The minimum atomic E-state index is -4.90. The largest absolute Gasteiger partial charge is 0.744 e. The molecule has 0 aliphatic carbocycles. The molecular formula is C18H22O6S2-2. The topological polar surface area (TPSA) is 114 Å². The first-order chi connectivity index (χ1) is 11.5. The Morgan fingerprint density at radius 3 is 1.08 bits per heavy atom. The molecule has 0 bridgehead atoms. The van der Waals surface area contributed by atoms with Crippen molar-refractivity contribution < 1.29 is 25.9 Å². The minimum absolute atomic E-state index is 0.0464. The Kier molecular flexibility index (Phi) is 4.82. The van der Waals surface area contributed by atoms with Crippen molar-refractivity contribution in [3.8, 4) is 0 Å². The van der Waals surface area contributed by atoms with Crippen LogP contribution in [0.1, 0.15) is 52.7 Å². The maximum absolute atomic E-state index is 12.0. The second-order valence-electron chi connectivity index (χ2n) is 8.39. The van der Waals surface area contributed by atoms with Crippen LogP contribution in [0.5, 0.6) is 0 Å². The Bertz CT molecular complexity index is 994. The number of hydrogen-bond donors (Lipinski definition) is 0. The molecule has 0 amide bonds. The molecule has 0 radical (unpaired) electrons. The van der Waals surface area contributed by atoms with Crippen LogP contribution in [0, 0.1) is 0 Å². The van der Waals surface area contributed by atoms with Gasteiger partial charge in [-0.2, -0.15) is 0 Å². The lowest BCUT2D eigenvalue weighted by molar-refractivity contribution is 0.455. The lowest BCUT2D eigenvalue weighted by Crippen LogP contribution is -2.20. The van der Waals surface area contributed by atoms with E-state index in [1.807, 2.05) is 0 Å². The van der Waals surface area contributed by atoms with Crippen LogP contribution in [-0.2, 0) is 31.1 Å². The van der Waals surface area contributed by atoms with Gasteiger partial charge in [-0.25, -0.2) is 16.8 Å². The summed E-state index contributed by atoms with van der Waals surface area (Å²) in [5.74, 6) is 0. The van der Waals surface area contributed by atoms with E-state index in [1.165, 1.54) is 24.3 Å². The van der Waals surface area contributed by atoms with Crippen molar-refractivity contribution in [1.29, 1.82) is 0 Å². The van der Waals surface area contributed by atoms with Gasteiger partial charge in [0.15, 0.2) is 0 Å². The lowest BCUT2D eigenvalue weighted by Gasteiger charge is -2.29. The van der Waals surface area contributed by atoms with Crippen LogP contribution in [0.4, 0.5) is 0 Å². The fourth-order valence-electron chi connectivity index (χ4n) is 3.07. The van der Waals surface area contributed by atoms with Crippen molar-refractivity contribution >= 4 is 31.0 Å². The molecule has 0 aliphatic rings. The molecule has 2 rings (SSSR count). The van der Waals surface area contributed by atoms with E-state index in [1.54, 1.807) is 41.5 Å². The fourth-order valence-corrected chi connectivity index (χ4v) is 5.25. The highest BCUT2D eigenvalue weighted by Gasteiger charge is 2.28. The van der Waals surface area contributed by atoms with Gasteiger partial charge >= 0.3 is 0 Å². The third-order valence-electron chi connectivity index (χ3n) is 4.22. The number of benzene rings is 2. The Labute approximate surface area is 154 Å². The average Bonchev–Trinajstić information content (AvgIpc) is 2.40. The Morgan fingerprint density at radius 1 is 0.615 bits per heavy atom. The highest BCUT2D eigenvalue weighted by Crippen LogP contribution is 2.40. The Hall–Kier alpha value is -1.48. The average molecular weight is 399 g/mol. The molecule has 8 heteroatoms. The second-order valence-corrected chi connectivity index (χ2v) is 11.0. The smallest absolute Gasteiger partial charge is 0.125 e. The summed E-state index contributed by atoms with van der Waals surface area (Å²) in [6.07, 6.45) is 0. The number of fused-ring (bicyclic) bond motifs is 1. The van der Waals surface area contributed by atoms with E-state index in [4.69, 9.17) is 0 Å². The quantitative estimate of drug-likeness (QED) is 0.717. The summed E-state index contributed by atoms with van der Waals surface area (Å²) in [6.45, 7) is 10.5. The highest BCUT2D eigenvalue weighted by molar-refractivity contribution is 7.86. The van der Waals surface area contributed by atoms with E-state index in [0.717, 1.165) is 0 Å². The van der Waals surface area contributed by atoms with E-state index in [-0.39, 0.29) is 21.9 Å². The molecule has 0 spiro atoms. The van der Waals surface area contributed by atoms with Crippen molar-refractivity contribution in [2.24, 2.45) is 0 Å². The van der Waals surface area contributed by atoms with Gasteiger partial charge in [0, 0.05) is 10.8 Å². The zero-order valence-corrected chi connectivity index (χ0v) is 17.2. The molecule has 2 aromatic rings. The van der Waals surface area contributed by atoms with Crippen LogP contribution in [0.25, 0.3) is 10.8 Å². The molecule has 26 heavy (non-hydrogen) atoms. The zero-order chi connectivity index (χ0) is 20.3. The summed E-state index contributed by atoms with van der Waals surface area (Å²) in [7, 11) is -9.80. The van der Waals surface area contributed by atoms with Crippen LogP contribution in [0.3, 0.4) is 0 Å². The molecule has 0 aromatic heterocycles. The molecule has 0 aliphatic heterocycles. The molecule has 144 valence electrons. The van der Waals surface area contributed by atoms with Crippen LogP contribution in [0.2, 0.25) is 0 Å². The standard InChI is InChI=1S/C18H24O6S2/c1-17(2,3)13-9-7-12-11(15(13)25(19,20)21)8-10-14(18(4,5)6)16(12)26(22,23)24/h7-10H,1-6H3,(H,19,20,21)(H,22,23,24)/p-2. The summed E-state index contributed by atoms with van der Waals surface area (Å²) >= 11 is 0. The summed E-state index contributed by atoms with van der Waals surface area (Å²) in [4.78, 5) is -0.958. The zero-order valence-electron chi connectivity index (χ0n) is 15.6. The number of rotatable bonds is 2. The van der Waals surface area contributed by atoms with Gasteiger partial charge in [-0.1, -0.05) is 65.8 Å². The predicted octanol–water partition coefficient (Wildman–Crippen LogP) is 3.24. The van der Waals surface area contributed by atoms with E-state index >= 15 is 0 Å². The molecular weight excluding hydrogens is 376 g/mol. The third kappa shape index (κ3) is 3.78. The van der Waals surface area contributed by atoms with E-state index in [2.05, 4.69) is 0 Å². The molecule has 0 saturated carbocycles. The van der Waals surface area contributed by atoms with Gasteiger partial charge in [0.1, 0.15) is 20.2 Å². The second kappa shape index (κ2) is 6.02. The molecule has 0 heterocycles. The van der Waals surface area contributed by atoms with E-state index in [9.17, 15) is 25.9 Å². The molecule has 2 aromatic carbocycles. The van der Waals surface area contributed by atoms with E-state index < -0.39 is 40.9 Å². The van der Waals surface area contributed by atoms with Crippen LogP contribution in [0.15, 0.2) is 34.1 Å². The molecule has 0 atom stereocenters. The van der Waals surface area contributed by atoms with Crippen molar-refractivity contribution in [3.05, 3.63) is 35.4 Å². The summed E-state index contributed by atoms with van der Waals surface area (Å²) in [6, 6.07) is 5.64. The highest BCUT2D eigenvalue weighted by atomic mass is 32.2. The van der Waals surface area contributed by atoms with Gasteiger partial charge in [-0.05, 0) is 22.0 Å². The molecule has 0 N–H and O–H groups in total. The normalized spacial score (nSPS) is 14.0. The lowest BCUT2D eigenvalue weighted by atomic mass is 9.83. The molecule has 0 fully saturated rings. The summed E-state index contributed by atoms with van der Waals surface area (Å²) < 4.78 is 71.8. The molecule has 6 nitrogen and oxygen atoms in total. The van der Waals surface area contributed by atoms with Crippen LogP contribution >= 0.6 is 0 Å². The first kappa shape index (κ1) is 20.8. The third-order valence-corrected chi connectivity index (χ3v) is 6.10. The van der Waals surface area contributed by atoms with E-state index in [0.29, 0.717) is 0 Å². The van der Waals surface area contributed by atoms with Crippen molar-refractivity contribution in [2.75, 3.05) is 0 Å². The maximum atomic E-state index is 12.0. The van der Waals surface area contributed by atoms with Crippen molar-refractivity contribution in [2.45, 2.75) is 62.2 Å². The predicted molar refractivity (Wildman–Crippen MR) is 97.3 cm³/mol. The van der Waals surface area contributed by atoms with Gasteiger partial charge in [0.25, 0.3) is 0 Å². The van der Waals surface area contributed by atoms with Crippen LogP contribution in [-0.4, -0.2) is 25.9 Å². The maximum Gasteiger partial charge on any atom is 0.125 e. The van der Waals surface area contributed by atoms with Crippen molar-refractivity contribution in [3.63, 3.8) is 0 Å². The van der Waals surface area contributed by atoms with Gasteiger partial charge in [0.2, 0.25) is 0 Å². The van der Waals surface area contributed by atoms with Crippen LogP contribution < -0.4 is 0 Å². The first-order valence-corrected chi connectivity index (χ1v) is 10.8. The molecule has 0 unspecified atom stereocenters. The van der Waals surface area contributed by atoms with Gasteiger partial charge in [-0.15, -0.1) is 0 Å². The van der Waals surface area contributed by atoms with Gasteiger partial charge in [-0.3, -0.25) is 0 Å².